The third-order valence-corrected chi connectivity index (χ3v) is 4.30. The van der Waals surface area contributed by atoms with E-state index in [-0.39, 0.29) is 25.5 Å². The predicted octanol–water partition coefficient (Wildman–Crippen LogP) is 3.51. The summed E-state index contributed by atoms with van der Waals surface area (Å²) in [6.45, 7) is 7.58. The SMILES string of the molecule is C=C/C(=C\C=C/C)CC(=O)NCC(C)(O)CCOc1ccc2ccc(=O)oc2c1. The summed E-state index contributed by atoms with van der Waals surface area (Å²) in [6.07, 6.45) is 7.68. The molecule has 1 aromatic heterocycles. The number of hydrogen-bond acceptors (Lipinski definition) is 5. The summed E-state index contributed by atoms with van der Waals surface area (Å²) in [5.74, 6) is 0.350. The molecule has 0 radical (unpaired) electrons. The van der Waals surface area contributed by atoms with Crippen LogP contribution in [-0.4, -0.2) is 29.8 Å². The van der Waals surface area contributed by atoms with Gasteiger partial charge in [-0.3, -0.25) is 4.79 Å². The van der Waals surface area contributed by atoms with E-state index in [2.05, 4.69) is 11.9 Å². The zero-order valence-corrected chi connectivity index (χ0v) is 16.8. The molecule has 1 aromatic carbocycles. The van der Waals surface area contributed by atoms with Crippen LogP contribution >= 0.6 is 0 Å². The summed E-state index contributed by atoms with van der Waals surface area (Å²) >= 11 is 0. The van der Waals surface area contributed by atoms with Gasteiger partial charge in [0.05, 0.1) is 18.6 Å². The number of fused-ring (bicyclic) bond motifs is 1. The van der Waals surface area contributed by atoms with Crippen molar-refractivity contribution in [3.05, 3.63) is 77.2 Å². The normalized spacial score (nSPS) is 14.0. The molecule has 1 heterocycles. The van der Waals surface area contributed by atoms with Gasteiger partial charge in [-0.15, -0.1) is 0 Å². The first-order valence-electron chi connectivity index (χ1n) is 9.43. The Balaban J connectivity index is 1.82. The van der Waals surface area contributed by atoms with Crippen LogP contribution in [0.1, 0.15) is 26.7 Å². The fraction of sp³-hybridized carbons (Fsp3) is 0.304. The second-order valence-electron chi connectivity index (χ2n) is 6.97. The maximum Gasteiger partial charge on any atom is 0.336 e. The lowest BCUT2D eigenvalue weighted by Crippen LogP contribution is -2.41. The van der Waals surface area contributed by atoms with E-state index in [1.165, 1.54) is 6.07 Å². The highest BCUT2D eigenvalue weighted by Crippen LogP contribution is 2.20. The van der Waals surface area contributed by atoms with Gasteiger partial charge in [-0.25, -0.2) is 4.79 Å². The molecule has 1 amide bonds. The van der Waals surface area contributed by atoms with Gasteiger partial charge in [0, 0.05) is 30.5 Å². The standard InChI is InChI=1S/C23H27NO5/c1-4-6-7-17(5-2)14-21(25)24-16-23(3,27)12-13-28-19-10-8-18-9-11-22(26)29-20(18)15-19/h4-11,15,27H,2,12-14,16H2,1,3H3,(H,24,25)/b6-4-,17-7+. The van der Waals surface area contributed by atoms with Gasteiger partial charge in [0.25, 0.3) is 0 Å². The lowest BCUT2D eigenvalue weighted by Gasteiger charge is -2.23. The molecule has 1 atom stereocenters. The molecule has 0 aliphatic carbocycles. The highest BCUT2D eigenvalue weighted by molar-refractivity contribution is 5.79. The number of allylic oxidation sites excluding steroid dienone is 4. The third-order valence-electron chi connectivity index (χ3n) is 4.30. The number of carbonyl (C=O) groups is 1. The first-order valence-corrected chi connectivity index (χ1v) is 9.43. The van der Waals surface area contributed by atoms with Crippen LogP contribution in [-0.2, 0) is 4.79 Å². The van der Waals surface area contributed by atoms with E-state index in [4.69, 9.17) is 9.15 Å². The Morgan fingerprint density at radius 1 is 1.34 bits per heavy atom. The lowest BCUT2D eigenvalue weighted by molar-refractivity contribution is -0.121. The van der Waals surface area contributed by atoms with Crippen LogP contribution in [0.15, 0.2) is 76.0 Å². The zero-order chi connectivity index (χ0) is 21.3. The van der Waals surface area contributed by atoms with Crippen molar-refractivity contribution >= 4 is 16.9 Å². The first-order chi connectivity index (χ1) is 13.8. The lowest BCUT2D eigenvalue weighted by atomic mass is 10.0. The average molecular weight is 397 g/mol. The summed E-state index contributed by atoms with van der Waals surface area (Å²) in [6, 6.07) is 8.25. The van der Waals surface area contributed by atoms with Crippen LogP contribution in [0.2, 0.25) is 0 Å². The van der Waals surface area contributed by atoms with Crippen LogP contribution in [0.5, 0.6) is 5.75 Å². The average Bonchev–Trinajstić information content (AvgIpc) is 2.69. The molecule has 2 aromatic rings. The fourth-order valence-corrected chi connectivity index (χ4v) is 2.56. The second-order valence-corrected chi connectivity index (χ2v) is 6.97. The van der Waals surface area contributed by atoms with Crippen molar-refractivity contribution in [2.75, 3.05) is 13.2 Å². The van der Waals surface area contributed by atoms with Crippen LogP contribution < -0.4 is 15.7 Å². The van der Waals surface area contributed by atoms with Crippen LogP contribution in [0.3, 0.4) is 0 Å². The Morgan fingerprint density at radius 3 is 2.83 bits per heavy atom. The minimum Gasteiger partial charge on any atom is -0.493 e. The molecule has 2 N–H and O–H groups in total. The highest BCUT2D eigenvalue weighted by Gasteiger charge is 2.21. The molecule has 29 heavy (non-hydrogen) atoms. The van der Waals surface area contributed by atoms with Crippen molar-refractivity contribution in [2.24, 2.45) is 0 Å². The van der Waals surface area contributed by atoms with Gasteiger partial charge in [0.2, 0.25) is 5.91 Å². The second kappa shape index (κ2) is 10.4. The van der Waals surface area contributed by atoms with Gasteiger partial charge >= 0.3 is 5.63 Å². The van der Waals surface area contributed by atoms with E-state index >= 15 is 0 Å². The zero-order valence-electron chi connectivity index (χ0n) is 16.8. The summed E-state index contributed by atoms with van der Waals surface area (Å²) in [5, 5.41) is 14.0. The van der Waals surface area contributed by atoms with E-state index in [1.807, 2.05) is 25.2 Å². The van der Waals surface area contributed by atoms with Crippen molar-refractivity contribution in [3.63, 3.8) is 0 Å². The van der Waals surface area contributed by atoms with Crippen molar-refractivity contribution in [1.82, 2.24) is 5.32 Å². The molecule has 154 valence electrons. The number of hydrogen-bond donors (Lipinski definition) is 2. The third kappa shape index (κ3) is 7.43. The Hall–Kier alpha value is -3.12. The van der Waals surface area contributed by atoms with Gasteiger partial charge in [-0.1, -0.05) is 30.9 Å². The molecule has 0 aliphatic heterocycles. The molecule has 0 fully saturated rings. The highest BCUT2D eigenvalue weighted by atomic mass is 16.5. The monoisotopic (exact) mass is 397 g/mol. The summed E-state index contributed by atoms with van der Waals surface area (Å²) in [5.41, 5.74) is -0.307. The Morgan fingerprint density at radius 2 is 2.10 bits per heavy atom. The molecule has 0 saturated carbocycles. The van der Waals surface area contributed by atoms with Gasteiger partial charge in [0.1, 0.15) is 11.3 Å². The number of benzene rings is 1. The molecule has 0 saturated heterocycles. The molecular formula is C23H27NO5. The molecule has 0 spiro atoms. The van der Waals surface area contributed by atoms with E-state index in [0.29, 0.717) is 17.8 Å². The van der Waals surface area contributed by atoms with Crippen LogP contribution in [0, 0.1) is 0 Å². The topological polar surface area (TPSA) is 88.8 Å². The molecular weight excluding hydrogens is 370 g/mol. The number of rotatable bonds is 10. The Bertz CT molecular complexity index is 969. The van der Waals surface area contributed by atoms with E-state index in [0.717, 1.165) is 11.0 Å². The minimum absolute atomic E-state index is 0.107. The van der Waals surface area contributed by atoms with Gasteiger partial charge in [-0.05, 0) is 37.6 Å². The van der Waals surface area contributed by atoms with E-state index in [9.17, 15) is 14.7 Å². The number of carbonyl (C=O) groups excluding carboxylic acids is 1. The van der Waals surface area contributed by atoms with Crippen molar-refractivity contribution < 1.29 is 19.1 Å². The Kier molecular flexibility index (Phi) is 7.98. The van der Waals surface area contributed by atoms with Gasteiger partial charge in [0.15, 0.2) is 0 Å². The minimum atomic E-state index is -1.12. The fourth-order valence-electron chi connectivity index (χ4n) is 2.56. The number of amides is 1. The molecule has 1 unspecified atom stereocenters. The van der Waals surface area contributed by atoms with Crippen molar-refractivity contribution in [2.45, 2.75) is 32.3 Å². The largest absolute Gasteiger partial charge is 0.493 e. The molecule has 6 heteroatoms. The first kappa shape index (κ1) is 22.2. The molecule has 0 aliphatic rings. The van der Waals surface area contributed by atoms with Crippen molar-refractivity contribution in [3.8, 4) is 5.75 Å². The van der Waals surface area contributed by atoms with E-state index < -0.39 is 11.2 Å². The number of aliphatic hydroxyl groups is 1. The van der Waals surface area contributed by atoms with Crippen LogP contribution in [0.25, 0.3) is 11.0 Å². The molecule has 0 bridgehead atoms. The maximum absolute atomic E-state index is 12.1. The summed E-state index contributed by atoms with van der Waals surface area (Å²) in [7, 11) is 0. The molecule has 6 nitrogen and oxygen atoms in total. The molecule has 2 rings (SSSR count). The number of ether oxygens (including phenoxy) is 1. The van der Waals surface area contributed by atoms with Crippen LogP contribution in [0.4, 0.5) is 0 Å². The maximum atomic E-state index is 12.1. The van der Waals surface area contributed by atoms with Gasteiger partial charge in [-0.2, -0.15) is 0 Å². The summed E-state index contributed by atoms with van der Waals surface area (Å²) in [4.78, 5) is 23.4. The van der Waals surface area contributed by atoms with Gasteiger partial charge < -0.3 is 19.6 Å². The van der Waals surface area contributed by atoms with E-state index in [1.54, 1.807) is 37.3 Å². The number of nitrogens with one attached hydrogen (secondary N) is 1. The van der Waals surface area contributed by atoms with Crippen molar-refractivity contribution in [1.29, 1.82) is 0 Å². The Labute approximate surface area is 170 Å². The quantitative estimate of drug-likeness (QED) is 0.473. The smallest absolute Gasteiger partial charge is 0.336 e. The summed E-state index contributed by atoms with van der Waals surface area (Å²) < 4.78 is 10.8. The predicted molar refractivity (Wildman–Crippen MR) is 114 cm³/mol.